The molecule has 0 aromatic carbocycles. The second-order valence-corrected chi connectivity index (χ2v) is 4.49. The van der Waals surface area contributed by atoms with Crippen LogP contribution in [-0.4, -0.2) is 22.5 Å². The van der Waals surface area contributed by atoms with Crippen molar-refractivity contribution in [3.63, 3.8) is 0 Å². The van der Waals surface area contributed by atoms with Gasteiger partial charge in [0.05, 0.1) is 5.69 Å². The summed E-state index contributed by atoms with van der Waals surface area (Å²) in [5.74, 6) is 0.784. The van der Waals surface area contributed by atoms with E-state index in [4.69, 9.17) is 10.5 Å². The second-order valence-electron chi connectivity index (χ2n) is 4.49. The molecule has 0 aliphatic heterocycles. The molecule has 0 atom stereocenters. The highest BCUT2D eigenvalue weighted by Crippen LogP contribution is 2.22. The van der Waals surface area contributed by atoms with Crippen molar-refractivity contribution < 1.29 is 4.74 Å². The van der Waals surface area contributed by atoms with Crippen LogP contribution in [0.1, 0.15) is 18.3 Å². The molecule has 0 saturated carbocycles. The van der Waals surface area contributed by atoms with Gasteiger partial charge in [-0.25, -0.2) is 4.98 Å². The minimum atomic E-state index is 0.512. The molecule has 2 rings (SSSR count). The van der Waals surface area contributed by atoms with Gasteiger partial charge < -0.3 is 14.9 Å². The highest BCUT2D eigenvalue weighted by molar-refractivity contribution is 5.56. The molecule has 2 aromatic heterocycles. The molecule has 0 saturated heterocycles. The largest absolute Gasteiger partial charge is 0.485 e. The van der Waals surface area contributed by atoms with Crippen LogP contribution < -0.4 is 10.5 Å². The summed E-state index contributed by atoms with van der Waals surface area (Å²) in [5, 5.41) is 0. The number of imidazole rings is 1. The van der Waals surface area contributed by atoms with Crippen LogP contribution in [-0.2, 0) is 6.42 Å². The van der Waals surface area contributed by atoms with E-state index in [1.807, 2.05) is 32.2 Å². The Bertz CT molecular complexity index is 572. The van der Waals surface area contributed by atoms with Gasteiger partial charge in [0.2, 0.25) is 0 Å². The van der Waals surface area contributed by atoms with Crippen molar-refractivity contribution >= 4 is 5.65 Å². The molecule has 0 amide bonds. The van der Waals surface area contributed by atoms with Crippen molar-refractivity contribution in [2.24, 2.45) is 5.73 Å². The van der Waals surface area contributed by atoms with E-state index in [-0.39, 0.29) is 0 Å². The minimum Gasteiger partial charge on any atom is -0.485 e. The number of nitrogens with two attached hydrogens (primary N) is 1. The monoisotopic (exact) mass is 245 g/mol. The van der Waals surface area contributed by atoms with Gasteiger partial charge in [-0.3, -0.25) is 0 Å². The maximum Gasteiger partial charge on any atom is 0.180 e. The number of ether oxygens (including phenoxy) is 1. The van der Waals surface area contributed by atoms with Gasteiger partial charge in [-0.15, -0.1) is 0 Å². The molecular weight excluding hydrogens is 226 g/mol. The number of pyridine rings is 1. The van der Waals surface area contributed by atoms with Crippen LogP contribution in [0.5, 0.6) is 5.75 Å². The van der Waals surface area contributed by atoms with Crippen molar-refractivity contribution in [1.82, 2.24) is 9.38 Å². The number of fused-ring (bicyclic) bond motifs is 1. The van der Waals surface area contributed by atoms with Crippen LogP contribution in [0, 0.1) is 6.92 Å². The van der Waals surface area contributed by atoms with Gasteiger partial charge in [0.25, 0.3) is 0 Å². The maximum atomic E-state index is 5.71. The molecule has 2 heterocycles. The van der Waals surface area contributed by atoms with Crippen LogP contribution in [0.2, 0.25) is 0 Å². The van der Waals surface area contributed by atoms with Crippen LogP contribution in [0.4, 0.5) is 0 Å². The van der Waals surface area contributed by atoms with E-state index in [1.54, 1.807) is 0 Å². The highest BCUT2D eigenvalue weighted by Gasteiger charge is 2.11. The smallest absolute Gasteiger partial charge is 0.180 e. The third kappa shape index (κ3) is 2.38. The number of aryl methyl sites for hydroxylation is 1. The molecule has 2 aromatic rings. The summed E-state index contributed by atoms with van der Waals surface area (Å²) < 4.78 is 7.76. The van der Waals surface area contributed by atoms with Crippen LogP contribution in [0.25, 0.3) is 5.65 Å². The Morgan fingerprint density at radius 1 is 1.56 bits per heavy atom. The van der Waals surface area contributed by atoms with Crippen LogP contribution in [0.3, 0.4) is 0 Å². The van der Waals surface area contributed by atoms with Crippen molar-refractivity contribution in [2.45, 2.75) is 20.3 Å². The normalized spacial score (nSPS) is 10.8. The molecule has 0 aliphatic carbocycles. The van der Waals surface area contributed by atoms with Crippen LogP contribution in [0.15, 0.2) is 30.5 Å². The van der Waals surface area contributed by atoms with E-state index < -0.39 is 0 Å². The predicted molar refractivity (Wildman–Crippen MR) is 73.0 cm³/mol. The number of nitrogens with zero attached hydrogens (tertiary/aromatic N) is 2. The molecule has 2 N–H and O–H groups in total. The molecule has 4 nitrogen and oxygen atoms in total. The van der Waals surface area contributed by atoms with Gasteiger partial charge in [0.15, 0.2) is 11.4 Å². The zero-order valence-corrected chi connectivity index (χ0v) is 10.9. The van der Waals surface area contributed by atoms with Crippen LogP contribution >= 0.6 is 0 Å². The summed E-state index contributed by atoms with van der Waals surface area (Å²) in [6, 6.07) is 3.89. The summed E-state index contributed by atoms with van der Waals surface area (Å²) >= 11 is 0. The highest BCUT2D eigenvalue weighted by atomic mass is 16.5. The van der Waals surface area contributed by atoms with E-state index >= 15 is 0 Å². The Morgan fingerprint density at radius 3 is 3.00 bits per heavy atom. The molecule has 0 unspecified atom stereocenters. The number of hydrogen-bond acceptors (Lipinski definition) is 3. The molecular formula is C14H19N3O. The van der Waals surface area contributed by atoms with E-state index in [1.165, 1.54) is 0 Å². The fourth-order valence-electron chi connectivity index (χ4n) is 1.96. The van der Waals surface area contributed by atoms with E-state index in [0.717, 1.165) is 34.8 Å². The molecule has 0 bridgehead atoms. The quantitative estimate of drug-likeness (QED) is 0.821. The van der Waals surface area contributed by atoms with Crippen molar-refractivity contribution in [3.8, 4) is 5.75 Å². The number of aromatic nitrogens is 2. The first-order valence-electron chi connectivity index (χ1n) is 6.07. The predicted octanol–water partition coefficient (Wildman–Crippen LogP) is 2.10. The fraction of sp³-hybridized carbons (Fsp3) is 0.357. The zero-order chi connectivity index (χ0) is 13.1. The Labute approximate surface area is 107 Å². The van der Waals surface area contributed by atoms with E-state index in [9.17, 15) is 0 Å². The molecule has 0 spiro atoms. The first-order valence-corrected chi connectivity index (χ1v) is 6.07. The molecule has 0 aliphatic rings. The molecule has 0 radical (unpaired) electrons. The van der Waals surface area contributed by atoms with Gasteiger partial charge in [-0.05, 0) is 38.1 Å². The van der Waals surface area contributed by atoms with Crippen molar-refractivity contribution in [1.29, 1.82) is 0 Å². The summed E-state index contributed by atoms with van der Waals surface area (Å²) in [6.07, 6.45) is 2.81. The molecule has 0 fully saturated rings. The number of rotatable bonds is 5. The second kappa shape index (κ2) is 5.23. The Kier molecular flexibility index (Phi) is 3.67. The lowest BCUT2D eigenvalue weighted by atomic mass is 10.2. The van der Waals surface area contributed by atoms with Gasteiger partial charge in [0.1, 0.15) is 6.61 Å². The molecule has 96 valence electrons. The van der Waals surface area contributed by atoms with Gasteiger partial charge in [-0.1, -0.05) is 6.58 Å². The minimum absolute atomic E-state index is 0.512. The maximum absolute atomic E-state index is 5.71. The third-order valence-electron chi connectivity index (χ3n) is 2.77. The SMILES string of the molecule is C=C(C)COc1cccn2c(CCN)c(C)nc12. The van der Waals surface area contributed by atoms with Gasteiger partial charge in [-0.2, -0.15) is 0 Å². The first-order chi connectivity index (χ1) is 8.63. The average Bonchev–Trinajstić information content (AvgIpc) is 2.65. The summed E-state index contributed by atoms with van der Waals surface area (Å²) in [7, 11) is 0. The lowest BCUT2D eigenvalue weighted by Crippen LogP contribution is -2.06. The van der Waals surface area contributed by atoms with Gasteiger partial charge >= 0.3 is 0 Å². The standard InChI is InChI=1S/C14H19N3O/c1-10(2)9-18-13-5-4-8-17-12(6-7-15)11(3)16-14(13)17/h4-5,8H,1,6-7,9,15H2,2-3H3. The number of hydrogen-bond donors (Lipinski definition) is 1. The summed E-state index contributed by atoms with van der Waals surface area (Å²) in [4.78, 5) is 4.56. The Balaban J connectivity index is 2.43. The average molecular weight is 245 g/mol. The van der Waals surface area contributed by atoms with E-state index in [2.05, 4.69) is 16.0 Å². The topological polar surface area (TPSA) is 52.5 Å². The van der Waals surface area contributed by atoms with Crippen molar-refractivity contribution in [3.05, 3.63) is 41.9 Å². The van der Waals surface area contributed by atoms with Crippen molar-refractivity contribution in [2.75, 3.05) is 13.2 Å². The summed E-state index contributed by atoms with van der Waals surface area (Å²) in [5.41, 5.74) is 9.62. The third-order valence-corrected chi connectivity index (χ3v) is 2.77. The Hall–Kier alpha value is -1.81. The molecule has 18 heavy (non-hydrogen) atoms. The zero-order valence-electron chi connectivity index (χ0n) is 10.9. The van der Waals surface area contributed by atoms with Gasteiger partial charge in [0, 0.05) is 18.3 Å². The fourth-order valence-corrected chi connectivity index (χ4v) is 1.96. The Morgan fingerprint density at radius 2 is 2.33 bits per heavy atom. The van der Waals surface area contributed by atoms with E-state index in [0.29, 0.717) is 13.2 Å². The molecule has 4 heteroatoms. The summed E-state index contributed by atoms with van der Waals surface area (Å²) in [6.45, 7) is 8.90. The lowest BCUT2D eigenvalue weighted by Gasteiger charge is -2.07. The first kappa shape index (κ1) is 12.6. The lowest BCUT2D eigenvalue weighted by molar-refractivity contribution is 0.354.